The second-order valence-electron chi connectivity index (χ2n) is 2.13. The summed E-state index contributed by atoms with van der Waals surface area (Å²) in [6, 6.07) is 0. The van der Waals surface area contributed by atoms with Gasteiger partial charge in [0.1, 0.15) is 12.0 Å². The van der Waals surface area contributed by atoms with Crippen LogP contribution in [0, 0.1) is 5.92 Å². The molecule has 1 rings (SSSR count). The number of hydrogen-bond acceptors (Lipinski definition) is 3. The van der Waals surface area contributed by atoms with Gasteiger partial charge in [-0.05, 0) is 0 Å². The Kier molecular flexibility index (Phi) is 1.58. The molecule has 1 aliphatic heterocycles. The monoisotopic (exact) mass is 145 g/mol. The molecular weight excluding hydrogens is 138 g/mol. The van der Waals surface area contributed by atoms with Gasteiger partial charge in [0.2, 0.25) is 5.91 Å². The largest absolute Gasteiger partial charge is 0.481 e. The van der Waals surface area contributed by atoms with E-state index in [-0.39, 0.29) is 6.54 Å². The normalized spacial score (nSPS) is 31.9. The van der Waals surface area contributed by atoms with Crippen LogP contribution in [0.1, 0.15) is 0 Å². The highest BCUT2D eigenvalue weighted by molar-refractivity contribution is 5.89. The van der Waals surface area contributed by atoms with Crippen molar-refractivity contribution < 1.29 is 19.8 Å². The summed E-state index contributed by atoms with van der Waals surface area (Å²) >= 11 is 0. The highest BCUT2D eigenvalue weighted by Crippen LogP contribution is 2.09. The van der Waals surface area contributed by atoms with Crippen molar-refractivity contribution in [3.63, 3.8) is 0 Å². The number of aliphatic hydroxyl groups is 1. The quantitative estimate of drug-likeness (QED) is 0.405. The van der Waals surface area contributed by atoms with Crippen molar-refractivity contribution in [3.05, 3.63) is 0 Å². The van der Waals surface area contributed by atoms with Crippen molar-refractivity contribution in [1.29, 1.82) is 0 Å². The van der Waals surface area contributed by atoms with E-state index < -0.39 is 23.9 Å². The van der Waals surface area contributed by atoms with Gasteiger partial charge in [-0.1, -0.05) is 0 Å². The lowest BCUT2D eigenvalue weighted by molar-refractivity contribution is -0.146. The first-order valence-electron chi connectivity index (χ1n) is 2.81. The van der Waals surface area contributed by atoms with Gasteiger partial charge in [0.05, 0.1) is 0 Å². The number of carbonyl (C=O) groups excluding carboxylic acids is 1. The van der Waals surface area contributed by atoms with Crippen molar-refractivity contribution in [2.75, 3.05) is 6.54 Å². The first-order chi connectivity index (χ1) is 4.63. The summed E-state index contributed by atoms with van der Waals surface area (Å²) < 4.78 is 0. The van der Waals surface area contributed by atoms with Crippen LogP contribution >= 0.6 is 0 Å². The number of aliphatic hydroxyl groups excluding tert-OH is 1. The molecule has 0 radical (unpaired) electrons. The minimum absolute atomic E-state index is 0.0231. The summed E-state index contributed by atoms with van der Waals surface area (Å²) in [6.45, 7) is 0.0231. The highest BCUT2D eigenvalue weighted by Gasteiger charge is 2.37. The molecule has 0 unspecified atom stereocenters. The van der Waals surface area contributed by atoms with Crippen LogP contribution in [-0.4, -0.2) is 34.7 Å². The highest BCUT2D eigenvalue weighted by atomic mass is 16.4. The maximum Gasteiger partial charge on any atom is 0.311 e. The minimum Gasteiger partial charge on any atom is -0.481 e. The number of carboxylic acid groups (broad SMARTS) is 1. The van der Waals surface area contributed by atoms with Gasteiger partial charge in [-0.15, -0.1) is 0 Å². The number of hydrogen-bond donors (Lipinski definition) is 3. The summed E-state index contributed by atoms with van der Waals surface area (Å²) in [6.07, 6.45) is -1.38. The van der Waals surface area contributed by atoms with E-state index in [1.165, 1.54) is 0 Å². The van der Waals surface area contributed by atoms with Gasteiger partial charge in [-0.25, -0.2) is 0 Å². The van der Waals surface area contributed by atoms with Crippen LogP contribution < -0.4 is 5.32 Å². The van der Waals surface area contributed by atoms with Crippen LogP contribution in [0.2, 0.25) is 0 Å². The van der Waals surface area contributed by atoms with Crippen molar-refractivity contribution >= 4 is 11.9 Å². The maximum absolute atomic E-state index is 10.5. The van der Waals surface area contributed by atoms with E-state index in [9.17, 15) is 9.59 Å². The predicted molar refractivity (Wildman–Crippen MR) is 30.1 cm³/mol. The third-order valence-corrected chi connectivity index (χ3v) is 1.46. The third-order valence-electron chi connectivity index (χ3n) is 1.46. The van der Waals surface area contributed by atoms with E-state index in [1.54, 1.807) is 0 Å². The Morgan fingerprint density at radius 2 is 2.30 bits per heavy atom. The average molecular weight is 145 g/mol. The van der Waals surface area contributed by atoms with Gasteiger partial charge < -0.3 is 15.5 Å². The Labute approximate surface area is 56.7 Å². The van der Waals surface area contributed by atoms with E-state index in [2.05, 4.69) is 5.32 Å². The molecule has 5 nitrogen and oxygen atoms in total. The van der Waals surface area contributed by atoms with Crippen LogP contribution in [0.15, 0.2) is 0 Å². The number of rotatable bonds is 1. The molecule has 3 N–H and O–H groups in total. The fourth-order valence-electron chi connectivity index (χ4n) is 0.832. The third kappa shape index (κ3) is 0.950. The number of carboxylic acids is 1. The van der Waals surface area contributed by atoms with Gasteiger partial charge in [0.25, 0.3) is 0 Å². The summed E-state index contributed by atoms with van der Waals surface area (Å²) in [5.74, 6) is -2.73. The average Bonchev–Trinajstić information content (AvgIpc) is 2.14. The van der Waals surface area contributed by atoms with E-state index in [0.717, 1.165) is 0 Å². The molecule has 2 atom stereocenters. The summed E-state index contributed by atoms with van der Waals surface area (Å²) in [5.41, 5.74) is 0. The number of amides is 1. The molecule has 1 aliphatic rings. The molecule has 1 saturated heterocycles. The molecule has 10 heavy (non-hydrogen) atoms. The molecule has 0 aromatic heterocycles. The Hall–Kier alpha value is -1.10. The van der Waals surface area contributed by atoms with Crippen LogP contribution in [0.5, 0.6) is 0 Å². The molecule has 1 heterocycles. The standard InChI is InChI=1S/C5H7NO4/c7-3-2(5(9)10)1-6-4(3)8/h2-3,7H,1H2,(H,6,8)(H,9,10)/t2-,3+/m0/s1. The molecule has 0 bridgehead atoms. The topological polar surface area (TPSA) is 86.6 Å². The lowest BCUT2D eigenvalue weighted by Gasteiger charge is -2.03. The van der Waals surface area contributed by atoms with Crippen molar-refractivity contribution in [1.82, 2.24) is 5.32 Å². The van der Waals surface area contributed by atoms with Crippen molar-refractivity contribution in [3.8, 4) is 0 Å². The second-order valence-corrected chi connectivity index (χ2v) is 2.13. The van der Waals surface area contributed by atoms with E-state index in [0.29, 0.717) is 0 Å². The van der Waals surface area contributed by atoms with Gasteiger partial charge >= 0.3 is 5.97 Å². The molecule has 5 heteroatoms. The van der Waals surface area contributed by atoms with Crippen molar-refractivity contribution in [2.45, 2.75) is 6.10 Å². The zero-order valence-corrected chi connectivity index (χ0v) is 5.07. The first-order valence-corrected chi connectivity index (χ1v) is 2.81. The van der Waals surface area contributed by atoms with Crippen LogP contribution in [0.25, 0.3) is 0 Å². The van der Waals surface area contributed by atoms with Crippen LogP contribution in [0.4, 0.5) is 0 Å². The van der Waals surface area contributed by atoms with Gasteiger partial charge in [0.15, 0.2) is 0 Å². The Balaban J connectivity index is 2.66. The number of aliphatic carboxylic acids is 1. The Bertz CT molecular complexity index is 178. The first kappa shape index (κ1) is 7.01. The molecular formula is C5H7NO4. The summed E-state index contributed by atoms with van der Waals surface area (Å²) in [5, 5.41) is 19.4. The Morgan fingerprint density at radius 1 is 1.70 bits per heavy atom. The molecule has 0 spiro atoms. The minimum atomic E-state index is -1.38. The molecule has 0 saturated carbocycles. The molecule has 1 amide bonds. The summed E-state index contributed by atoms with van der Waals surface area (Å²) in [7, 11) is 0. The molecule has 0 aliphatic carbocycles. The van der Waals surface area contributed by atoms with Gasteiger partial charge in [-0.2, -0.15) is 0 Å². The Morgan fingerprint density at radius 3 is 2.50 bits per heavy atom. The second kappa shape index (κ2) is 2.26. The van der Waals surface area contributed by atoms with Gasteiger partial charge in [0, 0.05) is 6.54 Å². The SMILES string of the molecule is O=C(O)[C@H]1CNC(=O)[C@@H]1O. The zero-order chi connectivity index (χ0) is 7.72. The lowest BCUT2D eigenvalue weighted by atomic mass is 10.1. The number of nitrogens with one attached hydrogen (secondary N) is 1. The van der Waals surface area contributed by atoms with E-state index >= 15 is 0 Å². The fraction of sp³-hybridized carbons (Fsp3) is 0.600. The smallest absolute Gasteiger partial charge is 0.311 e. The molecule has 1 fully saturated rings. The predicted octanol–water partition coefficient (Wildman–Crippen LogP) is -1.82. The molecule has 0 aromatic rings. The van der Waals surface area contributed by atoms with Gasteiger partial charge in [-0.3, -0.25) is 9.59 Å². The molecule has 56 valence electrons. The van der Waals surface area contributed by atoms with Crippen LogP contribution in [0.3, 0.4) is 0 Å². The fourth-order valence-corrected chi connectivity index (χ4v) is 0.832. The summed E-state index contributed by atoms with van der Waals surface area (Å²) in [4.78, 5) is 20.7. The van der Waals surface area contributed by atoms with Crippen LogP contribution in [-0.2, 0) is 9.59 Å². The van der Waals surface area contributed by atoms with E-state index in [1.807, 2.05) is 0 Å². The lowest BCUT2D eigenvalue weighted by Crippen LogP contribution is -2.28. The maximum atomic E-state index is 10.5. The van der Waals surface area contributed by atoms with E-state index in [4.69, 9.17) is 10.2 Å². The number of carbonyl (C=O) groups is 2. The molecule has 0 aromatic carbocycles. The zero-order valence-electron chi connectivity index (χ0n) is 5.07. The van der Waals surface area contributed by atoms with Crippen molar-refractivity contribution in [2.24, 2.45) is 5.92 Å².